The molecule has 1 heterocycles. The third-order valence-corrected chi connectivity index (χ3v) is 4.88. The van der Waals surface area contributed by atoms with Gasteiger partial charge >= 0.3 is 6.09 Å². The number of nitrogens with one attached hydrogen (secondary N) is 1. The van der Waals surface area contributed by atoms with E-state index in [0.29, 0.717) is 5.69 Å². The molecule has 1 aliphatic heterocycles. The van der Waals surface area contributed by atoms with Crippen LogP contribution in [-0.4, -0.2) is 40.7 Å². The maximum Gasteiger partial charge on any atom is 0.410 e. The van der Waals surface area contributed by atoms with Gasteiger partial charge in [0, 0.05) is 12.1 Å². The van der Waals surface area contributed by atoms with Gasteiger partial charge in [0.05, 0.1) is 12.6 Å². The van der Waals surface area contributed by atoms with E-state index in [1.807, 2.05) is 62.4 Å². The second-order valence-electron chi connectivity index (χ2n) is 6.83. The predicted molar refractivity (Wildman–Crippen MR) is 102 cm³/mol. The smallest absolute Gasteiger partial charge is 0.410 e. The number of hydrogen-bond donors (Lipinski definition) is 2. The van der Waals surface area contributed by atoms with Crippen LogP contribution in [0, 0.1) is 13.8 Å². The van der Waals surface area contributed by atoms with Crippen LogP contribution < -0.4 is 5.32 Å². The van der Waals surface area contributed by atoms with E-state index >= 15 is 0 Å². The number of aliphatic hydroxyl groups is 1. The van der Waals surface area contributed by atoms with Crippen LogP contribution in [0.3, 0.4) is 0 Å². The first kappa shape index (κ1) is 18.9. The van der Waals surface area contributed by atoms with Gasteiger partial charge in [-0.3, -0.25) is 9.69 Å². The summed E-state index contributed by atoms with van der Waals surface area (Å²) >= 11 is 0. The van der Waals surface area contributed by atoms with Gasteiger partial charge in [-0.05, 0) is 36.6 Å². The van der Waals surface area contributed by atoms with Crippen molar-refractivity contribution in [2.24, 2.45) is 0 Å². The lowest BCUT2D eigenvalue weighted by molar-refractivity contribution is -0.120. The molecule has 1 saturated heterocycles. The number of aliphatic hydroxyl groups excluding tert-OH is 1. The number of nitrogens with zero attached hydrogens (tertiary/aromatic N) is 1. The number of hydrogen-bond acceptors (Lipinski definition) is 4. The van der Waals surface area contributed by atoms with Crippen molar-refractivity contribution in [1.29, 1.82) is 0 Å². The third-order valence-electron chi connectivity index (χ3n) is 4.88. The number of rotatable bonds is 4. The lowest BCUT2D eigenvalue weighted by Crippen LogP contribution is -2.43. The van der Waals surface area contributed by atoms with E-state index in [2.05, 4.69) is 5.32 Å². The third kappa shape index (κ3) is 4.46. The van der Waals surface area contributed by atoms with Crippen molar-refractivity contribution >= 4 is 17.7 Å². The zero-order chi connectivity index (χ0) is 19.4. The van der Waals surface area contributed by atoms with E-state index in [0.717, 1.165) is 16.7 Å². The number of ether oxygens (including phenoxy) is 1. The normalized spacial score (nSPS) is 19.0. The summed E-state index contributed by atoms with van der Waals surface area (Å²) in [6.45, 7) is 4.11. The Hall–Kier alpha value is -2.86. The quantitative estimate of drug-likeness (QED) is 0.870. The average Bonchev–Trinajstić information content (AvgIpc) is 3.06. The summed E-state index contributed by atoms with van der Waals surface area (Å²) in [6, 6.07) is 14.2. The Morgan fingerprint density at radius 3 is 2.63 bits per heavy atom. The molecule has 0 radical (unpaired) electrons. The Morgan fingerprint density at radius 2 is 1.89 bits per heavy atom. The maximum absolute atomic E-state index is 12.7. The van der Waals surface area contributed by atoms with Crippen LogP contribution in [0.15, 0.2) is 48.5 Å². The van der Waals surface area contributed by atoms with Gasteiger partial charge in [0.1, 0.15) is 12.6 Å². The summed E-state index contributed by atoms with van der Waals surface area (Å²) in [5.41, 5.74) is 3.61. The number of likely N-dealkylation sites (tertiary alicyclic amines) is 1. The molecule has 27 heavy (non-hydrogen) atoms. The zero-order valence-corrected chi connectivity index (χ0v) is 15.5. The van der Waals surface area contributed by atoms with Crippen molar-refractivity contribution in [2.45, 2.75) is 39.0 Å². The molecule has 2 atom stereocenters. The molecule has 1 aliphatic rings. The Balaban J connectivity index is 1.66. The first-order valence-electron chi connectivity index (χ1n) is 8.98. The summed E-state index contributed by atoms with van der Waals surface area (Å²) in [4.78, 5) is 26.5. The lowest BCUT2D eigenvalue weighted by Gasteiger charge is -2.23. The van der Waals surface area contributed by atoms with E-state index in [9.17, 15) is 14.7 Å². The highest BCUT2D eigenvalue weighted by molar-refractivity contribution is 5.97. The number of aryl methyl sites for hydroxylation is 1. The van der Waals surface area contributed by atoms with Gasteiger partial charge in [0.25, 0.3) is 0 Å². The highest BCUT2D eigenvalue weighted by atomic mass is 16.6. The van der Waals surface area contributed by atoms with Gasteiger partial charge in [-0.25, -0.2) is 4.79 Å². The van der Waals surface area contributed by atoms with Gasteiger partial charge in [-0.1, -0.05) is 42.5 Å². The second-order valence-corrected chi connectivity index (χ2v) is 6.83. The van der Waals surface area contributed by atoms with Crippen molar-refractivity contribution in [3.8, 4) is 0 Å². The van der Waals surface area contributed by atoms with Gasteiger partial charge < -0.3 is 15.2 Å². The highest BCUT2D eigenvalue weighted by Gasteiger charge is 2.40. The lowest BCUT2D eigenvalue weighted by atomic mass is 10.1. The fraction of sp³-hybridized carbons (Fsp3) is 0.333. The SMILES string of the molecule is Cc1cccc(NC(=O)[C@@H]2C[C@@H](O)CN2C(=O)OCc2ccccc2)c1C. The van der Waals surface area contributed by atoms with Gasteiger partial charge in [-0.15, -0.1) is 0 Å². The van der Waals surface area contributed by atoms with E-state index in [4.69, 9.17) is 4.74 Å². The summed E-state index contributed by atoms with van der Waals surface area (Å²) in [5.74, 6) is -0.322. The minimum atomic E-state index is -0.761. The monoisotopic (exact) mass is 368 g/mol. The highest BCUT2D eigenvalue weighted by Crippen LogP contribution is 2.23. The van der Waals surface area contributed by atoms with Crippen LogP contribution in [-0.2, 0) is 16.1 Å². The van der Waals surface area contributed by atoms with Crippen LogP contribution in [0.5, 0.6) is 0 Å². The average molecular weight is 368 g/mol. The number of amides is 2. The largest absolute Gasteiger partial charge is 0.445 e. The minimum Gasteiger partial charge on any atom is -0.445 e. The molecule has 6 nitrogen and oxygen atoms in total. The molecule has 2 aromatic rings. The summed E-state index contributed by atoms with van der Waals surface area (Å²) in [5, 5.41) is 12.9. The summed E-state index contributed by atoms with van der Waals surface area (Å²) < 4.78 is 5.33. The number of benzene rings is 2. The van der Waals surface area contributed by atoms with Gasteiger partial charge in [0.15, 0.2) is 0 Å². The van der Waals surface area contributed by atoms with Crippen molar-refractivity contribution in [3.63, 3.8) is 0 Å². The fourth-order valence-electron chi connectivity index (χ4n) is 3.17. The number of β-amino-alcohol motifs (C(OH)–C–C–N with tert-alkyl or cyclic N) is 1. The molecule has 2 aromatic carbocycles. The summed E-state index contributed by atoms with van der Waals surface area (Å²) in [6.07, 6.45) is -1.16. The van der Waals surface area contributed by atoms with Crippen molar-refractivity contribution in [1.82, 2.24) is 4.90 Å². The first-order chi connectivity index (χ1) is 13.0. The Labute approximate surface area is 158 Å². The molecule has 1 fully saturated rings. The van der Waals surface area contributed by atoms with E-state index in [1.165, 1.54) is 4.90 Å². The van der Waals surface area contributed by atoms with E-state index < -0.39 is 18.2 Å². The Bertz CT molecular complexity index is 822. The molecular formula is C21H24N2O4. The summed E-state index contributed by atoms with van der Waals surface area (Å²) in [7, 11) is 0. The molecule has 0 bridgehead atoms. The minimum absolute atomic E-state index is 0.0819. The zero-order valence-electron chi connectivity index (χ0n) is 15.5. The maximum atomic E-state index is 12.7. The standard InChI is InChI=1S/C21H24N2O4/c1-14-7-6-10-18(15(14)2)22-20(25)19-11-17(24)12-23(19)21(26)27-13-16-8-4-3-5-9-16/h3-10,17,19,24H,11-13H2,1-2H3,(H,22,25)/t17-,19+/m1/s1. The molecule has 0 aromatic heterocycles. The predicted octanol–water partition coefficient (Wildman–Crippen LogP) is 3.01. The molecule has 0 spiro atoms. The number of anilines is 1. The molecule has 142 valence electrons. The molecule has 2 amide bonds. The van der Waals surface area contributed by atoms with Gasteiger partial charge in [0.2, 0.25) is 5.91 Å². The van der Waals surface area contributed by atoms with Gasteiger partial charge in [-0.2, -0.15) is 0 Å². The van der Waals surface area contributed by atoms with Crippen molar-refractivity contribution in [2.75, 3.05) is 11.9 Å². The molecule has 2 N–H and O–H groups in total. The second kappa shape index (κ2) is 8.22. The fourth-order valence-corrected chi connectivity index (χ4v) is 3.17. The topological polar surface area (TPSA) is 78.9 Å². The molecule has 3 rings (SSSR count). The Kier molecular flexibility index (Phi) is 5.76. The molecular weight excluding hydrogens is 344 g/mol. The van der Waals surface area contributed by atoms with Crippen LogP contribution in [0.25, 0.3) is 0 Å². The van der Waals surface area contributed by atoms with E-state index in [1.54, 1.807) is 0 Å². The van der Waals surface area contributed by atoms with E-state index in [-0.39, 0.29) is 25.5 Å². The first-order valence-corrected chi connectivity index (χ1v) is 8.98. The van der Waals surface area contributed by atoms with Crippen molar-refractivity contribution < 1.29 is 19.4 Å². The molecule has 0 aliphatic carbocycles. The molecule has 0 saturated carbocycles. The Morgan fingerprint density at radius 1 is 1.15 bits per heavy atom. The number of carbonyl (C=O) groups is 2. The molecule has 0 unspecified atom stereocenters. The van der Waals surface area contributed by atoms with Crippen LogP contribution >= 0.6 is 0 Å². The number of carbonyl (C=O) groups excluding carboxylic acids is 2. The van der Waals surface area contributed by atoms with Crippen LogP contribution in [0.2, 0.25) is 0 Å². The molecule has 6 heteroatoms. The van der Waals surface area contributed by atoms with Crippen LogP contribution in [0.4, 0.5) is 10.5 Å². The van der Waals surface area contributed by atoms with Crippen molar-refractivity contribution in [3.05, 3.63) is 65.2 Å². The van der Waals surface area contributed by atoms with Crippen LogP contribution in [0.1, 0.15) is 23.1 Å².